The van der Waals surface area contributed by atoms with Crippen molar-refractivity contribution in [3.63, 3.8) is 0 Å². The number of methoxy groups -OCH3 is 2. The van der Waals surface area contributed by atoms with Crippen LogP contribution in [0.25, 0.3) is 6.08 Å². The van der Waals surface area contributed by atoms with E-state index in [9.17, 15) is 5.26 Å². The second-order valence-electron chi connectivity index (χ2n) is 5.27. The molecule has 0 fully saturated rings. The first-order valence-electron chi connectivity index (χ1n) is 7.35. The summed E-state index contributed by atoms with van der Waals surface area (Å²) in [6, 6.07) is 14.0. The Morgan fingerprint density at radius 2 is 2.04 bits per heavy atom. The number of allylic oxidation sites excluding steroid dienone is 1. The van der Waals surface area contributed by atoms with Gasteiger partial charge in [0, 0.05) is 6.42 Å². The minimum atomic E-state index is 0.564. The Morgan fingerprint density at radius 3 is 2.71 bits per heavy atom. The summed E-state index contributed by atoms with van der Waals surface area (Å²) in [6.07, 6.45) is 2.52. The van der Waals surface area contributed by atoms with Crippen LogP contribution in [0.1, 0.15) is 11.1 Å². The Bertz CT molecular complexity index is 895. The molecule has 24 heavy (non-hydrogen) atoms. The lowest BCUT2D eigenvalue weighted by Crippen LogP contribution is -2.01. The molecule has 1 aliphatic heterocycles. The van der Waals surface area contributed by atoms with Gasteiger partial charge in [0.1, 0.15) is 6.07 Å². The molecule has 0 aromatic heterocycles. The maximum absolute atomic E-state index is 9.57. The van der Waals surface area contributed by atoms with Crippen molar-refractivity contribution in [1.29, 1.82) is 5.26 Å². The van der Waals surface area contributed by atoms with E-state index in [4.69, 9.17) is 9.47 Å². The topological polar surface area (TPSA) is 54.6 Å². The molecule has 2 aromatic rings. The molecule has 120 valence electrons. The van der Waals surface area contributed by atoms with Crippen molar-refractivity contribution in [2.75, 3.05) is 14.2 Å². The maximum atomic E-state index is 9.57. The molecule has 0 radical (unpaired) electrons. The number of hydrogen-bond acceptors (Lipinski definition) is 4. The van der Waals surface area contributed by atoms with Gasteiger partial charge in [-0.2, -0.15) is 5.26 Å². The van der Waals surface area contributed by atoms with E-state index in [1.807, 2.05) is 42.5 Å². The molecule has 1 aliphatic rings. The fraction of sp³-hybridized carbons (Fsp3) is 0.158. The molecule has 0 saturated heterocycles. The number of halogens is 1. The highest BCUT2D eigenvalue weighted by atomic mass is 127. The van der Waals surface area contributed by atoms with Crippen LogP contribution in [0.3, 0.4) is 0 Å². The second-order valence-corrected chi connectivity index (χ2v) is 6.43. The third kappa shape index (κ3) is 3.15. The third-order valence-corrected chi connectivity index (χ3v) is 4.60. The van der Waals surface area contributed by atoms with Gasteiger partial charge in [0.05, 0.1) is 34.8 Å². The van der Waals surface area contributed by atoms with E-state index in [1.165, 1.54) is 0 Å². The Kier molecular flexibility index (Phi) is 4.86. The summed E-state index contributed by atoms with van der Waals surface area (Å²) in [5.74, 6) is 1.34. The lowest BCUT2D eigenvalue weighted by molar-refractivity contribution is 0.353. The molecule has 0 N–H and O–H groups in total. The monoisotopic (exact) mass is 430 g/mol. The molecule has 0 amide bonds. The highest BCUT2D eigenvalue weighted by molar-refractivity contribution is 14.1. The summed E-state index contributed by atoms with van der Waals surface area (Å²) in [4.78, 5) is 4.59. The highest BCUT2D eigenvalue weighted by Gasteiger charge is 2.18. The van der Waals surface area contributed by atoms with Crippen LogP contribution in [0.4, 0.5) is 5.69 Å². The Morgan fingerprint density at radius 1 is 1.25 bits per heavy atom. The number of fused-ring (bicyclic) bond motifs is 1. The molecule has 1 heterocycles. The predicted octanol–water partition coefficient (Wildman–Crippen LogP) is 4.54. The van der Waals surface area contributed by atoms with Crippen molar-refractivity contribution in [3.05, 3.63) is 56.7 Å². The summed E-state index contributed by atoms with van der Waals surface area (Å²) >= 11 is 2.19. The molecule has 2 aromatic carbocycles. The number of para-hydroxylation sites is 1. The van der Waals surface area contributed by atoms with Crippen molar-refractivity contribution >= 4 is 40.1 Å². The van der Waals surface area contributed by atoms with Crippen LogP contribution in [0.5, 0.6) is 11.5 Å². The van der Waals surface area contributed by atoms with Gasteiger partial charge >= 0.3 is 0 Å². The van der Waals surface area contributed by atoms with Gasteiger partial charge in [-0.15, -0.1) is 0 Å². The molecule has 0 saturated carbocycles. The molecular weight excluding hydrogens is 415 g/mol. The van der Waals surface area contributed by atoms with E-state index in [1.54, 1.807) is 14.2 Å². The quantitative estimate of drug-likeness (QED) is 0.529. The van der Waals surface area contributed by atoms with Gasteiger partial charge in [0.15, 0.2) is 11.5 Å². The number of ether oxygens (including phenoxy) is 2. The standard InChI is InChI=1S/C19H15IN2O2/c1-23-18-9-12(8-15(20)19(18)24-2)7-14(11-21)17-10-13-5-3-4-6-16(13)22-17/h3-9H,10H2,1-2H3/b14-7-. The SMILES string of the molecule is COc1cc(/C=C(/C#N)C2=Nc3ccccc3C2)cc(I)c1OC. The van der Waals surface area contributed by atoms with E-state index in [0.29, 0.717) is 23.5 Å². The van der Waals surface area contributed by atoms with E-state index >= 15 is 0 Å². The Balaban J connectivity index is 1.99. The summed E-state index contributed by atoms with van der Waals surface area (Å²) in [6.45, 7) is 0. The van der Waals surface area contributed by atoms with Crippen LogP contribution in [0.15, 0.2) is 47.0 Å². The molecule has 5 heteroatoms. The summed E-state index contributed by atoms with van der Waals surface area (Å²) in [5, 5.41) is 9.57. The lowest BCUT2D eigenvalue weighted by atomic mass is 10.0. The fourth-order valence-electron chi connectivity index (χ4n) is 2.66. The molecule has 0 spiro atoms. The van der Waals surface area contributed by atoms with E-state index in [0.717, 1.165) is 26.1 Å². The first kappa shape index (κ1) is 16.5. The molecule has 3 rings (SSSR count). The molecular formula is C19H15IN2O2. The van der Waals surface area contributed by atoms with Crippen molar-refractivity contribution < 1.29 is 9.47 Å². The lowest BCUT2D eigenvalue weighted by Gasteiger charge is -2.10. The number of rotatable bonds is 4. The highest BCUT2D eigenvalue weighted by Crippen LogP contribution is 2.35. The fourth-order valence-corrected chi connectivity index (χ4v) is 3.50. The van der Waals surface area contributed by atoms with E-state index < -0.39 is 0 Å². The van der Waals surface area contributed by atoms with Crippen LogP contribution < -0.4 is 9.47 Å². The van der Waals surface area contributed by atoms with E-state index in [-0.39, 0.29) is 0 Å². The largest absolute Gasteiger partial charge is 0.493 e. The van der Waals surface area contributed by atoms with Crippen LogP contribution in [-0.4, -0.2) is 19.9 Å². The van der Waals surface area contributed by atoms with Crippen molar-refractivity contribution in [2.45, 2.75) is 6.42 Å². The number of nitrogens with zero attached hydrogens (tertiary/aromatic N) is 2. The van der Waals surface area contributed by atoms with Gasteiger partial charge in [0.2, 0.25) is 0 Å². The minimum Gasteiger partial charge on any atom is -0.493 e. The van der Waals surface area contributed by atoms with Gasteiger partial charge in [-0.1, -0.05) is 18.2 Å². The van der Waals surface area contributed by atoms with Gasteiger partial charge in [-0.05, 0) is 58.0 Å². The van der Waals surface area contributed by atoms with Crippen molar-refractivity contribution in [2.24, 2.45) is 4.99 Å². The number of aliphatic imine (C=N–C) groups is 1. The minimum absolute atomic E-state index is 0.564. The number of hydrogen-bond donors (Lipinski definition) is 0. The molecule has 4 nitrogen and oxygen atoms in total. The summed E-state index contributed by atoms with van der Waals surface area (Å²) in [7, 11) is 3.21. The van der Waals surface area contributed by atoms with Gasteiger partial charge in [0.25, 0.3) is 0 Å². The predicted molar refractivity (Wildman–Crippen MR) is 103 cm³/mol. The Labute approximate surface area is 154 Å². The van der Waals surface area contributed by atoms with Gasteiger partial charge in [-0.25, -0.2) is 0 Å². The number of benzene rings is 2. The van der Waals surface area contributed by atoms with Crippen LogP contribution in [0, 0.1) is 14.9 Å². The normalized spacial score (nSPS) is 13.1. The van der Waals surface area contributed by atoms with Crippen molar-refractivity contribution in [3.8, 4) is 17.6 Å². The second kappa shape index (κ2) is 7.05. The van der Waals surface area contributed by atoms with Crippen LogP contribution >= 0.6 is 22.6 Å². The van der Waals surface area contributed by atoms with E-state index in [2.05, 4.69) is 33.7 Å². The first-order valence-corrected chi connectivity index (χ1v) is 8.43. The third-order valence-electron chi connectivity index (χ3n) is 3.80. The zero-order chi connectivity index (χ0) is 17.1. The van der Waals surface area contributed by atoms with Crippen LogP contribution in [-0.2, 0) is 6.42 Å². The summed E-state index contributed by atoms with van der Waals surface area (Å²) < 4.78 is 11.7. The number of nitriles is 1. The molecule has 0 unspecified atom stereocenters. The average Bonchev–Trinajstić information content (AvgIpc) is 3.02. The zero-order valence-corrected chi connectivity index (χ0v) is 15.5. The van der Waals surface area contributed by atoms with Gasteiger partial charge in [-0.3, -0.25) is 4.99 Å². The molecule has 0 bridgehead atoms. The molecule has 0 atom stereocenters. The smallest absolute Gasteiger partial charge is 0.174 e. The zero-order valence-electron chi connectivity index (χ0n) is 13.3. The van der Waals surface area contributed by atoms with Crippen LogP contribution in [0.2, 0.25) is 0 Å². The summed E-state index contributed by atoms with van der Waals surface area (Å²) in [5.41, 5.74) is 4.33. The maximum Gasteiger partial charge on any atom is 0.174 e. The average molecular weight is 430 g/mol. The van der Waals surface area contributed by atoms with Crippen molar-refractivity contribution in [1.82, 2.24) is 0 Å². The van der Waals surface area contributed by atoms with Gasteiger partial charge < -0.3 is 9.47 Å². The Hall–Kier alpha value is -2.33. The first-order chi connectivity index (χ1) is 11.7. The molecule has 0 aliphatic carbocycles.